The van der Waals surface area contributed by atoms with Crippen molar-refractivity contribution < 1.29 is 9.63 Å². The first-order chi connectivity index (χ1) is 7.70. The highest BCUT2D eigenvalue weighted by Crippen LogP contribution is 2.29. The third-order valence-electron chi connectivity index (χ3n) is 2.12. The van der Waals surface area contributed by atoms with Crippen molar-refractivity contribution in [1.29, 1.82) is 0 Å². The molecule has 3 nitrogen and oxygen atoms in total. The number of aliphatic hydroxyl groups is 1. The number of nitrogens with zero attached hydrogens (tertiary/aromatic N) is 1. The first-order valence-corrected chi connectivity index (χ1v) is 5.48. The van der Waals surface area contributed by atoms with Gasteiger partial charge in [0.15, 0.2) is 0 Å². The maximum atomic E-state index is 8.76. The van der Waals surface area contributed by atoms with Gasteiger partial charge in [0.25, 0.3) is 0 Å². The predicted octanol–water partition coefficient (Wildman–Crippen LogP) is 3.18. The molecule has 0 aliphatic carbocycles. The molecule has 16 heavy (non-hydrogen) atoms. The van der Waals surface area contributed by atoms with Crippen LogP contribution in [-0.2, 0) is 6.42 Å². The minimum atomic E-state index is 0.0307. The maximum Gasteiger partial charge on any atom is 0.139 e. The van der Waals surface area contributed by atoms with Gasteiger partial charge < -0.3 is 9.63 Å². The zero-order chi connectivity index (χ0) is 11.5. The minimum Gasteiger partial charge on any atom is -0.396 e. The molecule has 0 unspecified atom stereocenters. The maximum absolute atomic E-state index is 8.76. The summed E-state index contributed by atoms with van der Waals surface area (Å²) in [4.78, 5) is 0. The van der Waals surface area contributed by atoms with Gasteiger partial charge in [-0.2, -0.15) is 0 Å². The van der Waals surface area contributed by atoms with Crippen LogP contribution in [0.4, 0.5) is 0 Å². The normalized spacial score (nSPS) is 10.7. The molecule has 1 aromatic heterocycles. The van der Waals surface area contributed by atoms with Crippen LogP contribution in [0.1, 0.15) is 5.76 Å². The topological polar surface area (TPSA) is 46.3 Å². The molecule has 1 aromatic carbocycles. The molecule has 0 amide bonds. The predicted molar refractivity (Wildman–Crippen MR) is 62.7 cm³/mol. The van der Waals surface area contributed by atoms with Gasteiger partial charge >= 0.3 is 0 Å². The fourth-order valence-corrected chi connectivity index (χ4v) is 1.87. The largest absolute Gasteiger partial charge is 0.396 e. The second kappa shape index (κ2) is 4.87. The van der Waals surface area contributed by atoms with E-state index in [1.165, 1.54) is 0 Å². The summed E-state index contributed by atoms with van der Waals surface area (Å²) in [5.41, 5.74) is 1.41. The zero-order valence-corrected chi connectivity index (χ0v) is 9.79. The number of hydrogen-bond donors (Lipinski definition) is 1. The highest BCUT2D eigenvalue weighted by molar-refractivity contribution is 6.36. The molecule has 0 bridgehead atoms. The molecule has 0 aliphatic heterocycles. The second-order valence-electron chi connectivity index (χ2n) is 3.28. The van der Waals surface area contributed by atoms with Crippen LogP contribution in [-0.4, -0.2) is 16.9 Å². The molecule has 2 aromatic rings. The average molecular weight is 258 g/mol. The quantitative estimate of drug-likeness (QED) is 0.919. The van der Waals surface area contributed by atoms with Crippen LogP contribution in [0.5, 0.6) is 0 Å². The van der Waals surface area contributed by atoms with Crippen molar-refractivity contribution in [3.63, 3.8) is 0 Å². The number of halogens is 2. The van der Waals surface area contributed by atoms with E-state index in [4.69, 9.17) is 32.8 Å². The van der Waals surface area contributed by atoms with Crippen LogP contribution in [0.25, 0.3) is 11.3 Å². The third kappa shape index (κ3) is 2.38. The Labute approximate surface area is 103 Å². The molecule has 0 radical (unpaired) electrons. The first kappa shape index (κ1) is 11.5. The Morgan fingerprint density at radius 2 is 2.06 bits per heavy atom. The van der Waals surface area contributed by atoms with E-state index in [0.29, 0.717) is 27.9 Å². The van der Waals surface area contributed by atoms with Gasteiger partial charge in [0.1, 0.15) is 11.5 Å². The van der Waals surface area contributed by atoms with Gasteiger partial charge in [-0.05, 0) is 18.2 Å². The fraction of sp³-hybridized carbons (Fsp3) is 0.182. The molecule has 0 saturated carbocycles. The van der Waals surface area contributed by atoms with Gasteiger partial charge in [-0.25, -0.2) is 0 Å². The van der Waals surface area contributed by atoms with E-state index < -0.39 is 0 Å². The number of rotatable bonds is 3. The van der Waals surface area contributed by atoms with Crippen molar-refractivity contribution in [1.82, 2.24) is 5.16 Å². The Morgan fingerprint density at radius 1 is 1.25 bits per heavy atom. The van der Waals surface area contributed by atoms with E-state index in [1.807, 2.05) is 0 Å². The van der Waals surface area contributed by atoms with Gasteiger partial charge in [0.2, 0.25) is 0 Å². The third-order valence-corrected chi connectivity index (χ3v) is 2.67. The summed E-state index contributed by atoms with van der Waals surface area (Å²) in [6, 6.07) is 6.93. The van der Waals surface area contributed by atoms with Crippen LogP contribution >= 0.6 is 23.2 Å². The lowest BCUT2D eigenvalue weighted by atomic mass is 10.1. The molecule has 0 saturated heterocycles. The minimum absolute atomic E-state index is 0.0307. The Balaban J connectivity index is 2.35. The molecule has 1 heterocycles. The second-order valence-corrected chi connectivity index (χ2v) is 4.12. The summed E-state index contributed by atoms with van der Waals surface area (Å²) in [5, 5.41) is 13.7. The smallest absolute Gasteiger partial charge is 0.139 e. The molecule has 2 rings (SSSR count). The zero-order valence-electron chi connectivity index (χ0n) is 8.28. The van der Waals surface area contributed by atoms with Crippen LogP contribution in [0.3, 0.4) is 0 Å². The Morgan fingerprint density at radius 3 is 2.75 bits per heavy atom. The number of aromatic nitrogens is 1. The molecule has 5 heteroatoms. The van der Waals surface area contributed by atoms with E-state index in [-0.39, 0.29) is 6.61 Å². The SMILES string of the molecule is OCCc1cc(-c2ccc(Cl)cc2Cl)no1. The lowest BCUT2D eigenvalue weighted by molar-refractivity contribution is 0.277. The van der Waals surface area contributed by atoms with Gasteiger partial charge in [-0.1, -0.05) is 28.4 Å². The molecule has 1 N–H and O–H groups in total. The van der Waals surface area contributed by atoms with E-state index in [0.717, 1.165) is 5.56 Å². The summed E-state index contributed by atoms with van der Waals surface area (Å²) in [6.07, 6.45) is 0.443. The molecular weight excluding hydrogens is 249 g/mol. The number of aliphatic hydroxyl groups excluding tert-OH is 1. The number of hydrogen-bond acceptors (Lipinski definition) is 3. The lowest BCUT2D eigenvalue weighted by Crippen LogP contribution is -1.86. The van der Waals surface area contributed by atoms with Crippen molar-refractivity contribution >= 4 is 23.2 Å². The standard InChI is InChI=1S/C11H9Cl2NO2/c12-7-1-2-9(10(13)5-7)11-6-8(3-4-15)16-14-11/h1-2,5-6,15H,3-4H2. The molecule has 0 spiro atoms. The number of benzene rings is 1. The Bertz CT molecular complexity index is 496. The van der Waals surface area contributed by atoms with Gasteiger partial charge in [0.05, 0.1) is 11.6 Å². The van der Waals surface area contributed by atoms with E-state index >= 15 is 0 Å². The van der Waals surface area contributed by atoms with Gasteiger partial charge in [0, 0.05) is 23.1 Å². The summed E-state index contributed by atoms with van der Waals surface area (Å²) in [7, 11) is 0. The van der Waals surface area contributed by atoms with E-state index in [2.05, 4.69) is 5.16 Å². The molecule has 0 fully saturated rings. The van der Waals surface area contributed by atoms with Gasteiger partial charge in [-0.15, -0.1) is 0 Å². The average Bonchev–Trinajstić information content (AvgIpc) is 2.67. The Hall–Kier alpha value is -1.03. The molecule has 84 valence electrons. The molecular formula is C11H9Cl2NO2. The highest BCUT2D eigenvalue weighted by atomic mass is 35.5. The summed E-state index contributed by atoms with van der Waals surface area (Å²) >= 11 is 11.8. The highest BCUT2D eigenvalue weighted by Gasteiger charge is 2.09. The molecule has 0 aliphatic rings. The van der Waals surface area contributed by atoms with E-state index in [1.54, 1.807) is 24.3 Å². The van der Waals surface area contributed by atoms with Crippen molar-refractivity contribution in [2.75, 3.05) is 6.61 Å². The summed E-state index contributed by atoms with van der Waals surface area (Å²) in [5.74, 6) is 0.628. The van der Waals surface area contributed by atoms with Crippen molar-refractivity contribution in [2.24, 2.45) is 0 Å². The van der Waals surface area contributed by atoms with Crippen molar-refractivity contribution in [2.45, 2.75) is 6.42 Å². The molecule has 0 atom stereocenters. The summed E-state index contributed by atoms with van der Waals surface area (Å²) < 4.78 is 5.04. The van der Waals surface area contributed by atoms with Crippen molar-refractivity contribution in [3.05, 3.63) is 40.1 Å². The van der Waals surface area contributed by atoms with Crippen LogP contribution in [0.15, 0.2) is 28.8 Å². The van der Waals surface area contributed by atoms with Crippen LogP contribution < -0.4 is 0 Å². The van der Waals surface area contributed by atoms with Crippen LogP contribution in [0.2, 0.25) is 10.0 Å². The lowest BCUT2D eigenvalue weighted by Gasteiger charge is -1.99. The van der Waals surface area contributed by atoms with E-state index in [9.17, 15) is 0 Å². The van der Waals surface area contributed by atoms with Gasteiger partial charge in [-0.3, -0.25) is 0 Å². The monoisotopic (exact) mass is 257 g/mol. The van der Waals surface area contributed by atoms with Crippen LogP contribution in [0, 0.1) is 0 Å². The fourth-order valence-electron chi connectivity index (χ4n) is 1.37. The first-order valence-electron chi connectivity index (χ1n) is 4.72. The van der Waals surface area contributed by atoms with Crippen molar-refractivity contribution in [3.8, 4) is 11.3 Å². The Kier molecular flexibility index (Phi) is 3.49. The summed E-state index contributed by atoms with van der Waals surface area (Å²) in [6.45, 7) is 0.0307.